The van der Waals surface area contributed by atoms with Crippen molar-refractivity contribution in [3.63, 3.8) is 0 Å². The van der Waals surface area contributed by atoms with E-state index < -0.39 is 0 Å². The maximum Gasteiger partial charge on any atom is 0.193 e. The van der Waals surface area contributed by atoms with Crippen LogP contribution in [0.1, 0.15) is 40.5 Å². The average molecular weight is 329 g/mol. The molecule has 4 nitrogen and oxygen atoms in total. The Balaban J connectivity index is 2.27. The Labute approximate surface area is 142 Å². The minimum atomic E-state index is 0.731. The Kier molecular flexibility index (Phi) is 9.96. The summed E-state index contributed by atoms with van der Waals surface area (Å²) in [5.74, 6) is 3.04. The lowest BCUT2D eigenvalue weighted by Crippen LogP contribution is -2.49. The quantitative estimate of drug-likeness (QED) is 0.422. The highest BCUT2D eigenvalue weighted by Gasteiger charge is 2.24. The van der Waals surface area contributed by atoms with E-state index >= 15 is 0 Å². The Morgan fingerprint density at radius 1 is 1.32 bits per heavy atom. The van der Waals surface area contributed by atoms with Crippen LogP contribution in [0.4, 0.5) is 0 Å². The highest BCUT2D eigenvalue weighted by molar-refractivity contribution is 8.00. The standard InChI is InChI=1S/C17H36N4S/c1-6-20(7-2)11-9-8-10-19-17(18-5)21-12-13-22-16(14-21)15(3)4/h15-16H,6-14H2,1-5H3,(H,18,19). The van der Waals surface area contributed by atoms with Gasteiger partial charge in [0.25, 0.3) is 0 Å². The second kappa shape index (κ2) is 11.2. The highest BCUT2D eigenvalue weighted by atomic mass is 32.2. The molecule has 0 aliphatic carbocycles. The predicted molar refractivity (Wildman–Crippen MR) is 101 cm³/mol. The number of nitrogens with one attached hydrogen (secondary N) is 1. The minimum Gasteiger partial charge on any atom is -0.356 e. The van der Waals surface area contributed by atoms with Crippen LogP contribution in [0.2, 0.25) is 0 Å². The molecule has 0 amide bonds. The number of thioether (sulfide) groups is 1. The SMILES string of the molecule is CCN(CC)CCCCNC(=NC)N1CCSC(C(C)C)C1. The Hall–Kier alpha value is -0.420. The fourth-order valence-corrected chi connectivity index (χ4v) is 4.10. The van der Waals surface area contributed by atoms with Gasteiger partial charge in [0.15, 0.2) is 5.96 Å². The number of aliphatic imine (C=N–C) groups is 1. The molecule has 130 valence electrons. The first-order valence-electron chi connectivity index (χ1n) is 8.91. The number of hydrogen-bond donors (Lipinski definition) is 1. The van der Waals surface area contributed by atoms with E-state index in [0.717, 1.165) is 49.9 Å². The first-order valence-corrected chi connectivity index (χ1v) is 9.96. The topological polar surface area (TPSA) is 30.9 Å². The Morgan fingerprint density at radius 2 is 2.05 bits per heavy atom. The molecule has 0 aromatic rings. The van der Waals surface area contributed by atoms with E-state index in [1.165, 1.54) is 25.1 Å². The molecule has 0 aromatic carbocycles. The van der Waals surface area contributed by atoms with Crippen LogP contribution in [0.15, 0.2) is 4.99 Å². The fourth-order valence-electron chi connectivity index (χ4n) is 2.80. The molecule has 22 heavy (non-hydrogen) atoms. The average Bonchev–Trinajstić information content (AvgIpc) is 2.54. The molecule has 1 rings (SSSR count). The van der Waals surface area contributed by atoms with E-state index in [9.17, 15) is 0 Å². The number of nitrogens with zero attached hydrogens (tertiary/aromatic N) is 3. The molecule has 1 atom stereocenters. The molecule has 0 bridgehead atoms. The van der Waals surface area contributed by atoms with Crippen molar-refractivity contribution in [2.24, 2.45) is 10.9 Å². The molecule has 0 spiro atoms. The minimum absolute atomic E-state index is 0.731. The van der Waals surface area contributed by atoms with Gasteiger partial charge in [0.2, 0.25) is 0 Å². The zero-order valence-corrected chi connectivity index (χ0v) is 16.1. The second-order valence-electron chi connectivity index (χ2n) is 6.31. The van der Waals surface area contributed by atoms with Crippen molar-refractivity contribution in [3.05, 3.63) is 0 Å². The molecular formula is C17H36N4S. The van der Waals surface area contributed by atoms with Gasteiger partial charge in [-0.1, -0.05) is 27.7 Å². The lowest BCUT2D eigenvalue weighted by atomic mass is 10.1. The van der Waals surface area contributed by atoms with E-state index in [1.54, 1.807) is 0 Å². The summed E-state index contributed by atoms with van der Waals surface area (Å²) < 4.78 is 0. The Morgan fingerprint density at radius 3 is 2.64 bits per heavy atom. The van der Waals surface area contributed by atoms with Crippen molar-refractivity contribution in [1.82, 2.24) is 15.1 Å². The van der Waals surface area contributed by atoms with Crippen molar-refractivity contribution >= 4 is 17.7 Å². The van der Waals surface area contributed by atoms with Crippen LogP contribution in [0.3, 0.4) is 0 Å². The van der Waals surface area contributed by atoms with Gasteiger partial charge in [-0.2, -0.15) is 11.8 Å². The molecule has 1 aliphatic heterocycles. The third-order valence-electron chi connectivity index (χ3n) is 4.43. The van der Waals surface area contributed by atoms with Gasteiger partial charge in [-0.3, -0.25) is 4.99 Å². The normalized spacial score (nSPS) is 20.0. The van der Waals surface area contributed by atoms with Gasteiger partial charge in [0.05, 0.1) is 0 Å². The molecule has 0 saturated carbocycles. The van der Waals surface area contributed by atoms with Gasteiger partial charge in [0.1, 0.15) is 0 Å². The summed E-state index contributed by atoms with van der Waals surface area (Å²) in [7, 11) is 1.91. The molecule has 1 fully saturated rings. The maximum atomic E-state index is 4.48. The molecule has 1 N–H and O–H groups in total. The summed E-state index contributed by atoms with van der Waals surface area (Å²) >= 11 is 2.11. The van der Waals surface area contributed by atoms with Gasteiger partial charge in [0, 0.05) is 37.7 Å². The zero-order chi connectivity index (χ0) is 16.4. The van der Waals surface area contributed by atoms with Crippen LogP contribution in [0.25, 0.3) is 0 Å². The Bertz CT molecular complexity index is 316. The molecule has 0 radical (unpaired) electrons. The predicted octanol–water partition coefficient (Wildman–Crippen LogP) is 2.76. The summed E-state index contributed by atoms with van der Waals surface area (Å²) in [4.78, 5) is 9.41. The van der Waals surface area contributed by atoms with Gasteiger partial charge >= 0.3 is 0 Å². The van der Waals surface area contributed by atoms with Crippen LogP contribution in [-0.4, -0.2) is 73.1 Å². The van der Waals surface area contributed by atoms with E-state index in [1.807, 2.05) is 7.05 Å². The van der Waals surface area contributed by atoms with Gasteiger partial charge in [-0.05, 0) is 38.4 Å². The van der Waals surface area contributed by atoms with Crippen LogP contribution in [0.5, 0.6) is 0 Å². The van der Waals surface area contributed by atoms with Gasteiger partial charge < -0.3 is 15.1 Å². The van der Waals surface area contributed by atoms with Crippen molar-refractivity contribution in [3.8, 4) is 0 Å². The monoisotopic (exact) mass is 328 g/mol. The van der Waals surface area contributed by atoms with Crippen molar-refractivity contribution in [2.75, 3.05) is 52.1 Å². The molecule has 5 heteroatoms. The van der Waals surface area contributed by atoms with Crippen LogP contribution < -0.4 is 5.32 Å². The van der Waals surface area contributed by atoms with E-state index in [0.29, 0.717) is 0 Å². The smallest absolute Gasteiger partial charge is 0.193 e. The number of rotatable bonds is 8. The largest absolute Gasteiger partial charge is 0.356 e. The number of unbranched alkanes of at least 4 members (excludes halogenated alkanes) is 1. The van der Waals surface area contributed by atoms with Crippen molar-refractivity contribution in [1.29, 1.82) is 0 Å². The summed E-state index contributed by atoms with van der Waals surface area (Å²) in [5.41, 5.74) is 0. The lowest BCUT2D eigenvalue weighted by Gasteiger charge is -2.36. The molecule has 1 unspecified atom stereocenters. The first-order chi connectivity index (χ1) is 10.6. The van der Waals surface area contributed by atoms with Crippen molar-refractivity contribution < 1.29 is 0 Å². The highest BCUT2D eigenvalue weighted by Crippen LogP contribution is 2.24. The fraction of sp³-hybridized carbons (Fsp3) is 0.941. The molecule has 0 aromatic heterocycles. The van der Waals surface area contributed by atoms with E-state index in [-0.39, 0.29) is 0 Å². The lowest BCUT2D eigenvalue weighted by molar-refractivity contribution is 0.296. The van der Waals surface area contributed by atoms with Gasteiger partial charge in [-0.25, -0.2) is 0 Å². The van der Waals surface area contributed by atoms with Crippen LogP contribution in [-0.2, 0) is 0 Å². The van der Waals surface area contributed by atoms with Gasteiger partial charge in [-0.15, -0.1) is 0 Å². The molecule has 1 saturated heterocycles. The van der Waals surface area contributed by atoms with Crippen LogP contribution in [0, 0.1) is 5.92 Å². The molecule has 1 aliphatic rings. The van der Waals surface area contributed by atoms with E-state index in [4.69, 9.17) is 0 Å². The first kappa shape index (κ1) is 19.6. The van der Waals surface area contributed by atoms with E-state index in [2.05, 4.69) is 59.6 Å². The van der Waals surface area contributed by atoms with Crippen molar-refractivity contribution in [2.45, 2.75) is 45.8 Å². The molecular weight excluding hydrogens is 292 g/mol. The maximum absolute atomic E-state index is 4.48. The third-order valence-corrected chi connectivity index (χ3v) is 5.97. The number of guanidine groups is 1. The summed E-state index contributed by atoms with van der Waals surface area (Å²) in [6.07, 6.45) is 2.47. The zero-order valence-electron chi connectivity index (χ0n) is 15.3. The third kappa shape index (κ3) is 6.78. The summed E-state index contributed by atoms with van der Waals surface area (Å²) in [5, 5.41) is 4.29. The second-order valence-corrected chi connectivity index (χ2v) is 7.65. The summed E-state index contributed by atoms with van der Waals surface area (Å²) in [6, 6.07) is 0. The van der Waals surface area contributed by atoms with Crippen LogP contribution >= 0.6 is 11.8 Å². The molecule has 1 heterocycles. The summed E-state index contributed by atoms with van der Waals surface area (Å²) in [6.45, 7) is 15.9. The number of hydrogen-bond acceptors (Lipinski definition) is 3.